The van der Waals surface area contributed by atoms with E-state index in [2.05, 4.69) is 24.1 Å². The van der Waals surface area contributed by atoms with Gasteiger partial charge in [-0.05, 0) is 56.5 Å². The molecule has 2 fully saturated rings. The Hall–Kier alpha value is -2.86. The van der Waals surface area contributed by atoms with Gasteiger partial charge in [-0.15, -0.1) is 0 Å². The van der Waals surface area contributed by atoms with Crippen molar-refractivity contribution in [3.05, 3.63) is 60.2 Å². The summed E-state index contributed by atoms with van der Waals surface area (Å²) in [5.41, 5.74) is 2.68. The van der Waals surface area contributed by atoms with Crippen LogP contribution in [0.2, 0.25) is 0 Å². The van der Waals surface area contributed by atoms with E-state index < -0.39 is 6.04 Å². The lowest BCUT2D eigenvalue weighted by atomic mass is 10.0. The molecule has 2 aromatic carbocycles. The van der Waals surface area contributed by atoms with E-state index in [1.54, 1.807) is 4.90 Å². The van der Waals surface area contributed by atoms with Gasteiger partial charge >= 0.3 is 0 Å². The molecule has 3 unspecified atom stereocenters. The molecule has 2 heterocycles. The monoisotopic (exact) mass is 421 g/mol. The summed E-state index contributed by atoms with van der Waals surface area (Å²) in [5.74, 6) is -0.135. The van der Waals surface area contributed by atoms with Gasteiger partial charge in [0.2, 0.25) is 5.91 Å². The average Bonchev–Trinajstić information content (AvgIpc) is 2.76. The number of carbonyl (C=O) groups excluding carboxylic acids is 2. The summed E-state index contributed by atoms with van der Waals surface area (Å²) in [6, 6.07) is 16.9. The van der Waals surface area contributed by atoms with Crippen molar-refractivity contribution in [2.45, 2.75) is 51.4 Å². The first-order chi connectivity index (χ1) is 15.0. The van der Waals surface area contributed by atoms with Gasteiger partial charge < -0.3 is 19.9 Å². The maximum atomic E-state index is 13.3. The van der Waals surface area contributed by atoms with E-state index in [0.29, 0.717) is 13.0 Å². The van der Waals surface area contributed by atoms with Gasteiger partial charge in [-0.2, -0.15) is 0 Å². The number of ether oxygens (including phenoxy) is 1. The van der Waals surface area contributed by atoms with Gasteiger partial charge in [0.15, 0.2) is 0 Å². The predicted octanol–water partition coefficient (Wildman–Crippen LogP) is 3.99. The van der Waals surface area contributed by atoms with Crippen LogP contribution in [0, 0.1) is 0 Å². The largest absolute Gasteiger partial charge is 0.372 e. The number of rotatable bonds is 5. The first kappa shape index (κ1) is 21.4. The highest BCUT2D eigenvalue weighted by Gasteiger charge is 2.32. The van der Waals surface area contributed by atoms with Gasteiger partial charge in [-0.1, -0.05) is 30.3 Å². The van der Waals surface area contributed by atoms with Crippen molar-refractivity contribution in [3.8, 4) is 0 Å². The highest BCUT2D eigenvalue weighted by Crippen LogP contribution is 2.28. The number of morpholine rings is 1. The Morgan fingerprint density at radius 3 is 2.32 bits per heavy atom. The number of nitrogens with zero attached hydrogens (tertiary/aromatic N) is 2. The van der Waals surface area contributed by atoms with Crippen molar-refractivity contribution in [1.29, 1.82) is 0 Å². The third kappa shape index (κ3) is 5.07. The van der Waals surface area contributed by atoms with Gasteiger partial charge in [0, 0.05) is 37.4 Å². The zero-order chi connectivity index (χ0) is 21.8. The zero-order valence-corrected chi connectivity index (χ0v) is 18.3. The molecule has 2 saturated heterocycles. The van der Waals surface area contributed by atoms with Crippen LogP contribution < -0.4 is 10.2 Å². The number of likely N-dealkylation sites (tertiary alicyclic amines) is 1. The first-order valence-corrected chi connectivity index (χ1v) is 11.2. The van der Waals surface area contributed by atoms with E-state index in [0.717, 1.165) is 42.9 Å². The van der Waals surface area contributed by atoms with E-state index in [4.69, 9.17) is 4.74 Å². The maximum absolute atomic E-state index is 13.3. The van der Waals surface area contributed by atoms with Crippen LogP contribution in [0.15, 0.2) is 54.6 Å². The summed E-state index contributed by atoms with van der Waals surface area (Å²) in [6.07, 6.45) is 2.70. The predicted molar refractivity (Wildman–Crippen MR) is 122 cm³/mol. The number of anilines is 2. The van der Waals surface area contributed by atoms with E-state index in [-0.39, 0.29) is 24.0 Å². The molecule has 0 bridgehead atoms. The number of amides is 2. The molecule has 6 nitrogen and oxygen atoms in total. The van der Waals surface area contributed by atoms with Gasteiger partial charge in [0.05, 0.1) is 12.2 Å². The molecule has 2 aliphatic heterocycles. The second kappa shape index (κ2) is 9.52. The van der Waals surface area contributed by atoms with Crippen molar-refractivity contribution >= 4 is 23.2 Å². The van der Waals surface area contributed by atoms with Crippen molar-refractivity contribution in [2.75, 3.05) is 29.9 Å². The number of hydrogen-bond acceptors (Lipinski definition) is 4. The summed E-state index contributed by atoms with van der Waals surface area (Å²) in [6.45, 7) is 6.48. The third-order valence-corrected chi connectivity index (χ3v) is 5.95. The lowest BCUT2D eigenvalue weighted by Gasteiger charge is -2.37. The zero-order valence-electron chi connectivity index (χ0n) is 18.3. The third-order valence-electron chi connectivity index (χ3n) is 5.95. The minimum atomic E-state index is -0.616. The molecule has 0 aromatic heterocycles. The topological polar surface area (TPSA) is 61.9 Å². The molecule has 0 saturated carbocycles. The fraction of sp³-hybridized carbons (Fsp3) is 0.440. The van der Waals surface area contributed by atoms with Crippen LogP contribution in [0.25, 0.3) is 0 Å². The summed E-state index contributed by atoms with van der Waals surface area (Å²) in [5, 5.41) is 3.03. The number of carbonyl (C=O) groups is 2. The second-order valence-corrected chi connectivity index (χ2v) is 8.56. The number of nitrogens with one attached hydrogen (secondary N) is 1. The Bertz CT molecular complexity index is 890. The Balaban J connectivity index is 1.50. The quantitative estimate of drug-likeness (QED) is 0.793. The van der Waals surface area contributed by atoms with Crippen LogP contribution in [0.3, 0.4) is 0 Å². The van der Waals surface area contributed by atoms with E-state index >= 15 is 0 Å². The fourth-order valence-corrected chi connectivity index (χ4v) is 4.56. The number of benzene rings is 2. The highest BCUT2D eigenvalue weighted by molar-refractivity contribution is 5.98. The Kier molecular flexibility index (Phi) is 6.56. The molecule has 31 heavy (non-hydrogen) atoms. The highest BCUT2D eigenvalue weighted by atomic mass is 16.5. The molecule has 3 atom stereocenters. The molecule has 4 rings (SSSR count). The van der Waals surface area contributed by atoms with Crippen LogP contribution in [0.4, 0.5) is 11.4 Å². The standard InChI is InChI=1S/C25H31N3O3/c1-18-16-27(17-19(2)31-18)22-13-11-21(12-14-22)26-25(30)24(20-8-4-3-5-9-20)28-15-7-6-10-23(28)29/h3-5,8-9,11-14,18-19,24H,6-7,10,15-17H2,1-2H3,(H,26,30). The minimum absolute atomic E-state index is 0.0427. The normalized spacial score (nSPS) is 22.8. The second-order valence-electron chi connectivity index (χ2n) is 8.56. The van der Waals surface area contributed by atoms with Gasteiger partial charge in [0.25, 0.3) is 5.91 Å². The van der Waals surface area contributed by atoms with Crippen LogP contribution in [-0.4, -0.2) is 48.6 Å². The summed E-state index contributed by atoms with van der Waals surface area (Å²) in [7, 11) is 0. The van der Waals surface area contributed by atoms with Gasteiger partial charge in [-0.3, -0.25) is 9.59 Å². The SMILES string of the molecule is CC1CN(c2ccc(NC(=O)C(c3ccccc3)N3CCCCC3=O)cc2)CC(C)O1. The minimum Gasteiger partial charge on any atom is -0.372 e. The van der Waals surface area contributed by atoms with Crippen LogP contribution in [0.5, 0.6) is 0 Å². The number of hydrogen-bond donors (Lipinski definition) is 1. The molecule has 164 valence electrons. The van der Waals surface area contributed by atoms with Crippen LogP contribution in [0.1, 0.15) is 44.7 Å². The molecule has 0 spiro atoms. The summed E-state index contributed by atoms with van der Waals surface area (Å²) < 4.78 is 5.82. The lowest BCUT2D eigenvalue weighted by Crippen LogP contribution is -2.45. The maximum Gasteiger partial charge on any atom is 0.251 e. The summed E-state index contributed by atoms with van der Waals surface area (Å²) in [4.78, 5) is 29.9. The van der Waals surface area contributed by atoms with Gasteiger partial charge in [0.1, 0.15) is 6.04 Å². The average molecular weight is 422 g/mol. The van der Waals surface area contributed by atoms with Crippen LogP contribution in [-0.2, 0) is 14.3 Å². The van der Waals surface area contributed by atoms with E-state index in [1.807, 2.05) is 54.6 Å². The molecule has 0 aliphatic carbocycles. The molecule has 2 aliphatic rings. The van der Waals surface area contributed by atoms with Crippen LogP contribution >= 0.6 is 0 Å². The smallest absolute Gasteiger partial charge is 0.251 e. The van der Waals surface area contributed by atoms with Crippen molar-refractivity contribution < 1.29 is 14.3 Å². The molecule has 1 N–H and O–H groups in total. The molecule has 0 radical (unpaired) electrons. The molecule has 2 amide bonds. The Labute approximate surface area is 184 Å². The van der Waals surface area contributed by atoms with Gasteiger partial charge in [-0.25, -0.2) is 0 Å². The van der Waals surface area contributed by atoms with Crippen molar-refractivity contribution in [2.24, 2.45) is 0 Å². The molecule has 6 heteroatoms. The van der Waals surface area contributed by atoms with E-state index in [9.17, 15) is 9.59 Å². The molecule has 2 aromatic rings. The summed E-state index contributed by atoms with van der Waals surface area (Å²) >= 11 is 0. The molecular formula is C25H31N3O3. The number of piperidine rings is 1. The van der Waals surface area contributed by atoms with Crippen molar-refractivity contribution in [3.63, 3.8) is 0 Å². The molecular weight excluding hydrogens is 390 g/mol. The Morgan fingerprint density at radius 2 is 1.68 bits per heavy atom. The first-order valence-electron chi connectivity index (χ1n) is 11.2. The van der Waals surface area contributed by atoms with Crippen molar-refractivity contribution in [1.82, 2.24) is 4.90 Å². The fourth-order valence-electron chi connectivity index (χ4n) is 4.56. The lowest BCUT2D eigenvalue weighted by molar-refractivity contribution is -0.141. The Morgan fingerprint density at radius 1 is 1.00 bits per heavy atom. The van der Waals surface area contributed by atoms with E-state index in [1.165, 1.54) is 0 Å².